The van der Waals surface area contributed by atoms with Gasteiger partial charge in [0.1, 0.15) is 0 Å². The highest BCUT2D eigenvalue weighted by Crippen LogP contribution is 2.26. The third-order valence-corrected chi connectivity index (χ3v) is 6.20. The van der Waals surface area contributed by atoms with Gasteiger partial charge in [0.15, 0.2) is 0 Å². The first-order valence-electron chi connectivity index (χ1n) is 10.2. The highest BCUT2D eigenvalue weighted by molar-refractivity contribution is 5.78. The average molecular weight is 358 g/mol. The third kappa shape index (κ3) is 3.56. The van der Waals surface area contributed by atoms with Crippen molar-refractivity contribution >= 4 is 11.9 Å². The van der Waals surface area contributed by atoms with Crippen molar-refractivity contribution in [3.05, 3.63) is 17.5 Å². The number of piperazine rings is 1. The number of rotatable bonds is 3. The number of hydrogen-bond acceptors (Lipinski definition) is 5. The summed E-state index contributed by atoms with van der Waals surface area (Å²) in [5.41, 5.74) is 2.34. The van der Waals surface area contributed by atoms with Crippen LogP contribution in [0.25, 0.3) is 0 Å². The Kier molecular flexibility index (Phi) is 5.11. The van der Waals surface area contributed by atoms with Crippen molar-refractivity contribution in [1.82, 2.24) is 19.8 Å². The van der Waals surface area contributed by atoms with Crippen LogP contribution in [-0.2, 0) is 17.6 Å². The van der Waals surface area contributed by atoms with Gasteiger partial charge in [0.05, 0.1) is 5.69 Å². The Bertz CT molecular complexity index is 650. The van der Waals surface area contributed by atoms with Crippen LogP contribution >= 0.6 is 0 Å². The lowest BCUT2D eigenvalue weighted by atomic mass is 9.91. The van der Waals surface area contributed by atoms with E-state index < -0.39 is 0 Å². The molecule has 1 aromatic rings. The second-order valence-corrected chi connectivity index (χ2v) is 8.23. The minimum absolute atomic E-state index is 0.0600. The zero-order valence-corrected chi connectivity index (χ0v) is 16.2. The molecule has 26 heavy (non-hydrogen) atoms. The van der Waals surface area contributed by atoms with E-state index in [0.717, 1.165) is 69.8 Å². The van der Waals surface area contributed by atoms with Gasteiger partial charge in [0, 0.05) is 63.8 Å². The fraction of sp³-hybridized carbons (Fsp3) is 0.750. The molecular weight excluding hydrogens is 326 g/mol. The largest absolute Gasteiger partial charge is 0.342 e. The van der Waals surface area contributed by atoms with E-state index in [1.54, 1.807) is 0 Å². The number of amides is 1. The van der Waals surface area contributed by atoms with Crippen LogP contribution in [0.5, 0.6) is 0 Å². The van der Waals surface area contributed by atoms with E-state index in [2.05, 4.69) is 14.8 Å². The molecule has 0 N–H and O–H groups in total. The maximum atomic E-state index is 12.3. The van der Waals surface area contributed by atoms with Crippen LogP contribution in [0.1, 0.15) is 44.4 Å². The van der Waals surface area contributed by atoms with Crippen LogP contribution in [0.4, 0.5) is 5.95 Å². The van der Waals surface area contributed by atoms with Gasteiger partial charge in [0.25, 0.3) is 0 Å². The zero-order chi connectivity index (χ0) is 18.1. The maximum Gasteiger partial charge on any atom is 0.225 e. The molecular formula is C20H31N5O. The van der Waals surface area contributed by atoms with Gasteiger partial charge >= 0.3 is 0 Å². The van der Waals surface area contributed by atoms with Crippen LogP contribution < -0.4 is 4.90 Å². The van der Waals surface area contributed by atoms with Crippen molar-refractivity contribution in [2.75, 3.05) is 44.2 Å². The Balaban J connectivity index is 1.40. The second kappa shape index (κ2) is 7.51. The summed E-state index contributed by atoms with van der Waals surface area (Å²) in [7, 11) is 0. The van der Waals surface area contributed by atoms with E-state index in [-0.39, 0.29) is 11.8 Å². The van der Waals surface area contributed by atoms with Crippen molar-refractivity contribution in [3.8, 4) is 0 Å². The summed E-state index contributed by atoms with van der Waals surface area (Å²) < 4.78 is 0. The Hall–Kier alpha value is -1.69. The summed E-state index contributed by atoms with van der Waals surface area (Å²) >= 11 is 0. The van der Waals surface area contributed by atoms with Gasteiger partial charge in [-0.05, 0) is 24.8 Å². The Morgan fingerprint density at radius 1 is 1.08 bits per heavy atom. The van der Waals surface area contributed by atoms with E-state index in [1.165, 1.54) is 24.8 Å². The highest BCUT2D eigenvalue weighted by atomic mass is 16.2. The molecule has 3 aliphatic rings. The van der Waals surface area contributed by atoms with E-state index in [9.17, 15) is 4.79 Å². The molecule has 2 aliphatic heterocycles. The quantitative estimate of drug-likeness (QED) is 0.825. The van der Waals surface area contributed by atoms with Gasteiger partial charge in [-0.2, -0.15) is 0 Å². The van der Waals surface area contributed by atoms with E-state index >= 15 is 0 Å². The number of carbonyl (C=O) groups is 1. The molecule has 0 radical (unpaired) electrons. The molecule has 2 fully saturated rings. The van der Waals surface area contributed by atoms with E-state index in [4.69, 9.17) is 4.98 Å². The Labute approximate surface area is 156 Å². The molecule has 0 unspecified atom stereocenters. The molecule has 1 saturated heterocycles. The SMILES string of the molecule is CC(C)C(=O)N1CCc2cnc(N3CCN(C4CCC4)CC3)nc2CC1. The number of nitrogens with zero attached hydrogens (tertiary/aromatic N) is 5. The number of carbonyl (C=O) groups excluding carboxylic acids is 1. The van der Waals surface area contributed by atoms with Crippen molar-refractivity contribution < 1.29 is 4.79 Å². The molecule has 0 atom stereocenters. The van der Waals surface area contributed by atoms with Crippen LogP contribution in [0.2, 0.25) is 0 Å². The molecule has 1 saturated carbocycles. The fourth-order valence-corrected chi connectivity index (χ4v) is 4.24. The predicted octanol–water partition coefficient (Wildman–Crippen LogP) is 1.73. The van der Waals surface area contributed by atoms with Crippen molar-refractivity contribution in [1.29, 1.82) is 0 Å². The minimum Gasteiger partial charge on any atom is -0.342 e. The van der Waals surface area contributed by atoms with Crippen LogP contribution in [0, 0.1) is 5.92 Å². The number of aromatic nitrogens is 2. The summed E-state index contributed by atoms with van der Waals surface area (Å²) in [6, 6.07) is 0.828. The minimum atomic E-state index is 0.0600. The van der Waals surface area contributed by atoms with Gasteiger partial charge in [-0.3, -0.25) is 9.69 Å². The summed E-state index contributed by atoms with van der Waals surface area (Å²) in [5.74, 6) is 1.18. The van der Waals surface area contributed by atoms with Crippen LogP contribution in [0.3, 0.4) is 0 Å². The molecule has 1 aliphatic carbocycles. The molecule has 4 rings (SSSR count). The average Bonchev–Trinajstić information content (AvgIpc) is 2.82. The molecule has 0 bridgehead atoms. The second-order valence-electron chi connectivity index (χ2n) is 8.23. The monoisotopic (exact) mass is 357 g/mol. The molecule has 3 heterocycles. The number of hydrogen-bond donors (Lipinski definition) is 0. The number of fused-ring (bicyclic) bond motifs is 1. The molecule has 0 spiro atoms. The smallest absolute Gasteiger partial charge is 0.225 e. The first-order valence-corrected chi connectivity index (χ1v) is 10.2. The standard InChI is InChI=1S/C20H31N5O/c1-15(2)19(26)24-8-6-16-14-21-20(22-18(16)7-9-24)25-12-10-23(11-13-25)17-4-3-5-17/h14-15,17H,3-13H2,1-2H3. The molecule has 142 valence electrons. The van der Waals surface area contributed by atoms with Gasteiger partial charge in [-0.15, -0.1) is 0 Å². The summed E-state index contributed by atoms with van der Waals surface area (Å²) in [6.07, 6.45) is 7.85. The lowest BCUT2D eigenvalue weighted by Gasteiger charge is -2.43. The fourth-order valence-electron chi connectivity index (χ4n) is 4.24. The van der Waals surface area contributed by atoms with E-state index in [0.29, 0.717) is 0 Å². The topological polar surface area (TPSA) is 52.6 Å². The van der Waals surface area contributed by atoms with Gasteiger partial charge in [-0.25, -0.2) is 9.97 Å². The first-order chi connectivity index (χ1) is 12.6. The lowest BCUT2D eigenvalue weighted by molar-refractivity contribution is -0.134. The molecule has 6 heteroatoms. The molecule has 1 aromatic heterocycles. The molecule has 0 aromatic carbocycles. The van der Waals surface area contributed by atoms with Crippen molar-refractivity contribution in [2.24, 2.45) is 5.92 Å². The number of anilines is 1. The first kappa shape index (κ1) is 17.7. The Morgan fingerprint density at radius 2 is 1.81 bits per heavy atom. The Morgan fingerprint density at radius 3 is 2.46 bits per heavy atom. The third-order valence-electron chi connectivity index (χ3n) is 6.20. The maximum absolute atomic E-state index is 12.3. The van der Waals surface area contributed by atoms with Crippen molar-refractivity contribution in [3.63, 3.8) is 0 Å². The molecule has 1 amide bonds. The zero-order valence-electron chi connectivity index (χ0n) is 16.2. The summed E-state index contributed by atoms with van der Waals surface area (Å²) in [6.45, 7) is 9.80. The van der Waals surface area contributed by atoms with Gasteiger partial charge < -0.3 is 9.80 Å². The highest BCUT2D eigenvalue weighted by Gasteiger charge is 2.29. The van der Waals surface area contributed by atoms with Gasteiger partial charge in [0.2, 0.25) is 11.9 Å². The summed E-state index contributed by atoms with van der Waals surface area (Å²) in [5, 5.41) is 0. The summed E-state index contributed by atoms with van der Waals surface area (Å²) in [4.78, 5) is 28.8. The predicted molar refractivity (Wildman–Crippen MR) is 102 cm³/mol. The van der Waals surface area contributed by atoms with Crippen LogP contribution in [-0.4, -0.2) is 71.0 Å². The lowest BCUT2D eigenvalue weighted by Crippen LogP contribution is -2.52. The van der Waals surface area contributed by atoms with Crippen molar-refractivity contribution in [2.45, 2.75) is 52.0 Å². The van der Waals surface area contributed by atoms with Gasteiger partial charge in [-0.1, -0.05) is 20.3 Å². The normalized spacial score (nSPS) is 22.1. The van der Waals surface area contributed by atoms with Crippen LogP contribution in [0.15, 0.2) is 6.20 Å². The molecule has 6 nitrogen and oxygen atoms in total. The van der Waals surface area contributed by atoms with E-state index in [1.807, 2.05) is 24.9 Å².